The van der Waals surface area contributed by atoms with Crippen LogP contribution in [0.4, 0.5) is 0 Å². The Bertz CT molecular complexity index is 656. The zero-order valence-corrected chi connectivity index (χ0v) is 13.0. The number of aromatic amines is 1. The summed E-state index contributed by atoms with van der Waals surface area (Å²) in [6.07, 6.45) is -0.785. The van der Waals surface area contributed by atoms with Crippen molar-refractivity contribution in [3.05, 3.63) is 30.1 Å². The molecular weight excluding hydrogens is 298 g/mol. The molecule has 2 aromatic rings. The second kappa shape index (κ2) is 6.27. The summed E-state index contributed by atoms with van der Waals surface area (Å²) >= 11 is 0. The van der Waals surface area contributed by atoms with Gasteiger partial charge in [0.1, 0.15) is 0 Å². The second-order valence-electron chi connectivity index (χ2n) is 6.26. The third kappa shape index (κ3) is 3.21. The molecule has 1 amide bonds. The molecule has 0 radical (unpaired) electrons. The number of aliphatic hydroxyl groups excluding tert-OH is 2. The van der Waals surface area contributed by atoms with Crippen molar-refractivity contribution in [2.24, 2.45) is 5.41 Å². The first kappa shape index (κ1) is 15.9. The molecule has 0 saturated heterocycles. The van der Waals surface area contributed by atoms with Crippen LogP contribution < -0.4 is 5.32 Å². The fraction of sp³-hybridized carbons (Fsp3) is 0.500. The van der Waals surface area contributed by atoms with Gasteiger partial charge in [0.05, 0.1) is 29.8 Å². The van der Waals surface area contributed by atoms with Crippen molar-refractivity contribution in [1.82, 2.24) is 15.3 Å². The maximum absolute atomic E-state index is 12.3. The standard InChI is InChI=1S/C16H21N3O4/c1-23-9-16(6-12(20)13(21)7-16)8-17-15(22)14-18-10-4-2-3-5-11(10)19-14/h2-5,12-13,20-21H,6-9H2,1H3,(H,17,22)(H,18,19). The summed E-state index contributed by atoms with van der Waals surface area (Å²) < 4.78 is 5.21. The number of para-hydroxylation sites is 2. The van der Waals surface area contributed by atoms with Gasteiger partial charge in [-0.3, -0.25) is 4.79 Å². The minimum absolute atomic E-state index is 0.248. The number of carbonyl (C=O) groups is 1. The Morgan fingerprint density at radius 2 is 2.09 bits per heavy atom. The number of ether oxygens (including phenoxy) is 1. The molecule has 7 heteroatoms. The van der Waals surface area contributed by atoms with E-state index in [9.17, 15) is 15.0 Å². The van der Waals surface area contributed by atoms with E-state index in [0.29, 0.717) is 26.0 Å². The number of carbonyl (C=O) groups excluding carboxylic acids is 1. The lowest BCUT2D eigenvalue weighted by Crippen LogP contribution is -2.39. The molecule has 0 bridgehead atoms. The number of rotatable bonds is 5. The van der Waals surface area contributed by atoms with Crippen LogP contribution in [0.25, 0.3) is 11.0 Å². The molecule has 1 saturated carbocycles. The molecule has 124 valence electrons. The van der Waals surface area contributed by atoms with Gasteiger partial charge in [-0.25, -0.2) is 4.98 Å². The number of hydrogen-bond acceptors (Lipinski definition) is 5. The van der Waals surface area contributed by atoms with Crippen LogP contribution in [0.1, 0.15) is 23.5 Å². The zero-order chi connectivity index (χ0) is 16.4. The number of fused-ring (bicyclic) bond motifs is 1. The number of H-pyrrole nitrogens is 1. The van der Waals surface area contributed by atoms with Gasteiger partial charge in [0.15, 0.2) is 5.82 Å². The van der Waals surface area contributed by atoms with Crippen LogP contribution >= 0.6 is 0 Å². The van der Waals surface area contributed by atoms with Crippen molar-refractivity contribution < 1.29 is 19.7 Å². The summed E-state index contributed by atoms with van der Waals surface area (Å²) in [4.78, 5) is 19.5. The van der Waals surface area contributed by atoms with Crippen molar-refractivity contribution in [1.29, 1.82) is 0 Å². The predicted octanol–water partition coefficient (Wildman–Crippen LogP) is 0.441. The Morgan fingerprint density at radius 3 is 2.74 bits per heavy atom. The first-order chi connectivity index (χ1) is 11.0. The number of aliphatic hydroxyl groups is 2. The molecular formula is C16H21N3O4. The summed E-state index contributed by atoms with van der Waals surface area (Å²) in [5.74, 6) is -0.0644. The number of nitrogens with zero attached hydrogens (tertiary/aromatic N) is 1. The van der Waals surface area contributed by atoms with Crippen molar-refractivity contribution >= 4 is 16.9 Å². The van der Waals surface area contributed by atoms with Gasteiger partial charge in [-0.05, 0) is 25.0 Å². The molecule has 4 N–H and O–H groups in total. The van der Waals surface area contributed by atoms with E-state index in [4.69, 9.17) is 4.74 Å². The average molecular weight is 319 g/mol. The molecule has 1 aromatic heterocycles. The number of amides is 1. The molecule has 2 atom stereocenters. The second-order valence-corrected chi connectivity index (χ2v) is 6.26. The van der Waals surface area contributed by atoms with Gasteiger partial charge in [-0.2, -0.15) is 0 Å². The molecule has 3 rings (SSSR count). The number of nitrogens with one attached hydrogen (secondary N) is 2. The van der Waals surface area contributed by atoms with Gasteiger partial charge in [0, 0.05) is 19.1 Å². The van der Waals surface area contributed by atoms with E-state index in [1.165, 1.54) is 0 Å². The van der Waals surface area contributed by atoms with E-state index in [-0.39, 0.29) is 11.7 Å². The zero-order valence-electron chi connectivity index (χ0n) is 13.0. The summed E-state index contributed by atoms with van der Waals surface area (Å²) in [5, 5.41) is 22.4. The first-order valence-corrected chi connectivity index (χ1v) is 7.61. The topological polar surface area (TPSA) is 107 Å². The van der Waals surface area contributed by atoms with E-state index in [1.54, 1.807) is 7.11 Å². The van der Waals surface area contributed by atoms with Gasteiger partial charge < -0.3 is 25.3 Å². The molecule has 1 aromatic carbocycles. The summed E-state index contributed by atoms with van der Waals surface area (Å²) in [7, 11) is 1.57. The van der Waals surface area contributed by atoms with Crippen molar-refractivity contribution in [3.8, 4) is 0 Å². The lowest BCUT2D eigenvalue weighted by molar-refractivity contribution is 0.0438. The summed E-state index contributed by atoms with van der Waals surface area (Å²) in [6, 6.07) is 7.42. The average Bonchev–Trinajstić information content (AvgIpc) is 3.07. The minimum Gasteiger partial charge on any atom is -0.390 e. The quantitative estimate of drug-likeness (QED) is 0.640. The highest BCUT2D eigenvalue weighted by atomic mass is 16.5. The smallest absolute Gasteiger partial charge is 0.287 e. The molecule has 2 unspecified atom stereocenters. The molecule has 23 heavy (non-hydrogen) atoms. The minimum atomic E-state index is -0.784. The van der Waals surface area contributed by atoms with Crippen LogP contribution in [0.3, 0.4) is 0 Å². The molecule has 0 aliphatic heterocycles. The van der Waals surface area contributed by atoms with E-state index in [2.05, 4.69) is 15.3 Å². The normalized spacial score (nSPS) is 27.4. The highest BCUT2D eigenvalue weighted by Crippen LogP contribution is 2.38. The van der Waals surface area contributed by atoms with Crippen LogP contribution in [0, 0.1) is 5.41 Å². The van der Waals surface area contributed by atoms with Crippen molar-refractivity contribution in [2.45, 2.75) is 25.0 Å². The van der Waals surface area contributed by atoms with E-state index >= 15 is 0 Å². The third-order valence-electron chi connectivity index (χ3n) is 4.41. The van der Waals surface area contributed by atoms with Gasteiger partial charge in [-0.15, -0.1) is 0 Å². The van der Waals surface area contributed by atoms with Crippen LogP contribution in [-0.2, 0) is 4.74 Å². The monoisotopic (exact) mass is 319 g/mol. The fourth-order valence-corrected chi connectivity index (χ4v) is 3.27. The molecule has 0 spiro atoms. The third-order valence-corrected chi connectivity index (χ3v) is 4.41. The highest BCUT2D eigenvalue weighted by molar-refractivity contribution is 5.94. The van der Waals surface area contributed by atoms with E-state index in [0.717, 1.165) is 11.0 Å². The Hall–Kier alpha value is -1.96. The Labute approximate surface area is 133 Å². The summed E-state index contributed by atoms with van der Waals surface area (Å²) in [5.41, 5.74) is 1.07. The predicted molar refractivity (Wildman–Crippen MR) is 84.0 cm³/mol. The molecule has 1 heterocycles. The van der Waals surface area contributed by atoms with Crippen LogP contribution in [-0.4, -0.2) is 58.6 Å². The van der Waals surface area contributed by atoms with Crippen LogP contribution in [0.15, 0.2) is 24.3 Å². The lowest BCUT2D eigenvalue weighted by Gasteiger charge is -2.28. The fourth-order valence-electron chi connectivity index (χ4n) is 3.27. The van der Waals surface area contributed by atoms with Gasteiger partial charge in [-0.1, -0.05) is 12.1 Å². The van der Waals surface area contributed by atoms with Gasteiger partial charge in [0.2, 0.25) is 0 Å². The number of benzene rings is 1. The van der Waals surface area contributed by atoms with E-state index < -0.39 is 17.6 Å². The van der Waals surface area contributed by atoms with E-state index in [1.807, 2.05) is 24.3 Å². The number of aromatic nitrogens is 2. The Morgan fingerprint density at radius 1 is 1.39 bits per heavy atom. The maximum Gasteiger partial charge on any atom is 0.287 e. The lowest BCUT2D eigenvalue weighted by atomic mass is 9.86. The number of hydrogen-bond donors (Lipinski definition) is 4. The van der Waals surface area contributed by atoms with Gasteiger partial charge >= 0.3 is 0 Å². The molecule has 1 fully saturated rings. The van der Waals surface area contributed by atoms with Gasteiger partial charge in [0.25, 0.3) is 5.91 Å². The number of methoxy groups -OCH3 is 1. The Kier molecular flexibility index (Phi) is 4.34. The molecule has 7 nitrogen and oxygen atoms in total. The summed E-state index contributed by atoms with van der Waals surface area (Å²) in [6.45, 7) is 0.673. The molecule has 1 aliphatic rings. The maximum atomic E-state index is 12.3. The van der Waals surface area contributed by atoms with Crippen LogP contribution in [0.5, 0.6) is 0 Å². The van der Waals surface area contributed by atoms with Crippen LogP contribution in [0.2, 0.25) is 0 Å². The largest absolute Gasteiger partial charge is 0.390 e. The first-order valence-electron chi connectivity index (χ1n) is 7.61. The SMILES string of the molecule is COCC1(CNC(=O)c2nc3ccccc3[nH]2)CC(O)C(O)C1. The van der Waals surface area contributed by atoms with Crippen molar-refractivity contribution in [2.75, 3.05) is 20.3 Å². The highest BCUT2D eigenvalue weighted by Gasteiger charge is 2.44. The molecule has 1 aliphatic carbocycles. The van der Waals surface area contributed by atoms with Crippen molar-refractivity contribution in [3.63, 3.8) is 0 Å². The number of imidazole rings is 1. The Balaban J connectivity index is 1.69.